The molecule has 0 atom stereocenters. The van der Waals surface area contributed by atoms with E-state index >= 15 is 0 Å². The van der Waals surface area contributed by atoms with Crippen LogP contribution in [0.1, 0.15) is 35.1 Å². The number of fused-ring (bicyclic) bond motifs is 13. The van der Waals surface area contributed by atoms with Gasteiger partial charge in [0.05, 0.1) is 5.52 Å². The quantitative estimate of drug-likeness (QED) is 0.256. The molecule has 5 aromatic rings. The number of allylic oxidation sites excluding steroid dienone is 4. The van der Waals surface area contributed by atoms with Gasteiger partial charge in [0.1, 0.15) is 5.65 Å². The first kappa shape index (κ1) is 16.1. The van der Waals surface area contributed by atoms with Crippen molar-refractivity contribution < 1.29 is 0 Å². The van der Waals surface area contributed by atoms with Gasteiger partial charge in [-0.1, -0.05) is 54.6 Å². The van der Waals surface area contributed by atoms with Gasteiger partial charge >= 0.3 is 0 Å². The fourth-order valence-electron chi connectivity index (χ4n) is 6.34. The second-order valence-corrected chi connectivity index (χ2v) is 9.08. The maximum Gasteiger partial charge on any atom is 0.145 e. The smallest absolute Gasteiger partial charge is 0.145 e. The van der Waals surface area contributed by atoms with Gasteiger partial charge in [0.25, 0.3) is 0 Å². The van der Waals surface area contributed by atoms with E-state index in [9.17, 15) is 0 Å². The summed E-state index contributed by atoms with van der Waals surface area (Å²) in [4.78, 5) is 4.73. The molecule has 2 heteroatoms. The number of para-hydroxylation sites is 1. The van der Waals surface area contributed by atoms with Crippen molar-refractivity contribution in [3.8, 4) is 11.1 Å². The van der Waals surface area contributed by atoms with E-state index in [4.69, 9.17) is 4.98 Å². The third-order valence-corrected chi connectivity index (χ3v) is 7.63. The average Bonchev–Trinajstić information content (AvgIpc) is 3.53. The normalized spacial score (nSPS) is 16.3. The van der Waals surface area contributed by atoms with E-state index in [0.717, 1.165) is 18.5 Å². The first-order chi connectivity index (χ1) is 15.4. The molecule has 0 N–H and O–H groups in total. The summed E-state index contributed by atoms with van der Waals surface area (Å²) in [5, 5.41) is 3.92. The molecule has 0 saturated carbocycles. The molecular formula is C29H20N2. The van der Waals surface area contributed by atoms with E-state index in [0.29, 0.717) is 0 Å². The third-order valence-electron chi connectivity index (χ3n) is 7.63. The van der Waals surface area contributed by atoms with Crippen LogP contribution in [-0.2, 0) is 12.8 Å². The van der Waals surface area contributed by atoms with Gasteiger partial charge in [-0.25, -0.2) is 4.98 Å². The summed E-state index contributed by atoms with van der Waals surface area (Å²) in [6.07, 6.45) is 13.2. The van der Waals surface area contributed by atoms with Gasteiger partial charge in [-0.3, -0.25) is 4.40 Å². The Morgan fingerprint density at radius 1 is 0.839 bits per heavy atom. The standard InChI is InChI=1S/C29H20N2/c1-2-6-19-17(5-1)15-24-20(19)11-12-21-25(24)16-18-9-10-23-28(27(18)21)22-7-3-4-8-26(22)31-14-13-30-29(23)31/h1,3-5,7-14H,2,6,15-16H2. The van der Waals surface area contributed by atoms with Crippen LogP contribution in [0.15, 0.2) is 78.6 Å². The molecule has 0 fully saturated rings. The van der Waals surface area contributed by atoms with Crippen LogP contribution in [0, 0.1) is 0 Å². The number of benzene rings is 3. The Labute approximate surface area is 180 Å². The fourth-order valence-corrected chi connectivity index (χ4v) is 6.34. The molecule has 31 heavy (non-hydrogen) atoms. The van der Waals surface area contributed by atoms with Crippen LogP contribution >= 0.6 is 0 Å². The lowest BCUT2D eigenvalue weighted by Gasteiger charge is -2.14. The Kier molecular flexibility index (Phi) is 2.87. The SMILES string of the molecule is C1=CC2=C(CC1)c1ccc3c(c1C2)Cc1ccc2c(c1-3)c1ccccc1n1ccnc21. The van der Waals surface area contributed by atoms with Gasteiger partial charge in [-0.05, 0) is 76.3 Å². The Balaban J connectivity index is 1.49. The molecule has 0 amide bonds. The Morgan fingerprint density at radius 2 is 1.74 bits per heavy atom. The molecule has 146 valence electrons. The van der Waals surface area contributed by atoms with E-state index < -0.39 is 0 Å². The van der Waals surface area contributed by atoms with Gasteiger partial charge in [0, 0.05) is 28.6 Å². The summed E-state index contributed by atoms with van der Waals surface area (Å²) in [5.74, 6) is 0. The van der Waals surface area contributed by atoms with Crippen molar-refractivity contribution in [2.45, 2.75) is 25.7 Å². The van der Waals surface area contributed by atoms with E-state index in [-0.39, 0.29) is 0 Å². The highest BCUT2D eigenvalue weighted by molar-refractivity contribution is 6.19. The van der Waals surface area contributed by atoms with Crippen molar-refractivity contribution in [1.29, 1.82) is 0 Å². The van der Waals surface area contributed by atoms with Gasteiger partial charge in [0.15, 0.2) is 0 Å². The molecule has 0 bridgehead atoms. The minimum absolute atomic E-state index is 1.04. The van der Waals surface area contributed by atoms with Gasteiger partial charge < -0.3 is 0 Å². The first-order valence-corrected chi connectivity index (χ1v) is 11.2. The summed E-state index contributed by atoms with van der Waals surface area (Å²) >= 11 is 0. The van der Waals surface area contributed by atoms with E-state index in [1.807, 2.05) is 6.20 Å². The van der Waals surface area contributed by atoms with Crippen LogP contribution in [0.25, 0.3) is 44.0 Å². The number of aromatic nitrogens is 2. The summed E-state index contributed by atoms with van der Waals surface area (Å²) in [7, 11) is 0. The van der Waals surface area contributed by atoms with Crippen LogP contribution in [0.2, 0.25) is 0 Å². The molecule has 2 aromatic heterocycles. The average molecular weight is 396 g/mol. The van der Waals surface area contributed by atoms with Crippen molar-refractivity contribution in [3.05, 3.63) is 101 Å². The maximum atomic E-state index is 4.73. The highest BCUT2D eigenvalue weighted by Crippen LogP contribution is 2.50. The Hall–Kier alpha value is -3.65. The summed E-state index contributed by atoms with van der Waals surface area (Å²) in [6.45, 7) is 0. The predicted molar refractivity (Wildman–Crippen MR) is 127 cm³/mol. The third kappa shape index (κ3) is 1.91. The van der Waals surface area contributed by atoms with Crippen molar-refractivity contribution >= 4 is 32.9 Å². The molecule has 3 aromatic carbocycles. The number of nitrogens with zero attached hydrogens (tertiary/aromatic N) is 2. The Morgan fingerprint density at radius 3 is 2.74 bits per heavy atom. The number of hydrogen-bond donors (Lipinski definition) is 0. The molecule has 3 aliphatic carbocycles. The van der Waals surface area contributed by atoms with Gasteiger partial charge in [-0.15, -0.1) is 0 Å². The van der Waals surface area contributed by atoms with Crippen LogP contribution in [-0.4, -0.2) is 9.38 Å². The van der Waals surface area contributed by atoms with Crippen molar-refractivity contribution in [2.75, 3.05) is 0 Å². The lowest BCUT2D eigenvalue weighted by atomic mass is 9.92. The number of rotatable bonds is 0. The topological polar surface area (TPSA) is 17.3 Å². The lowest BCUT2D eigenvalue weighted by Crippen LogP contribution is -1.93. The van der Waals surface area contributed by atoms with E-state index in [2.05, 4.69) is 71.3 Å². The van der Waals surface area contributed by atoms with Gasteiger partial charge in [0.2, 0.25) is 0 Å². The molecular weight excluding hydrogens is 376 g/mol. The molecule has 0 radical (unpaired) electrons. The van der Waals surface area contributed by atoms with Crippen LogP contribution in [0.3, 0.4) is 0 Å². The molecule has 3 aliphatic rings. The first-order valence-electron chi connectivity index (χ1n) is 11.2. The van der Waals surface area contributed by atoms with Crippen LogP contribution in [0.4, 0.5) is 0 Å². The molecule has 0 aliphatic heterocycles. The second kappa shape index (κ2) is 5.53. The number of imidazole rings is 1. The second-order valence-electron chi connectivity index (χ2n) is 9.08. The minimum Gasteiger partial charge on any atom is -0.299 e. The number of hydrogen-bond acceptors (Lipinski definition) is 1. The van der Waals surface area contributed by atoms with Crippen molar-refractivity contribution in [2.24, 2.45) is 0 Å². The molecule has 8 rings (SSSR count). The largest absolute Gasteiger partial charge is 0.299 e. The summed E-state index contributed by atoms with van der Waals surface area (Å²) < 4.78 is 2.23. The molecule has 0 spiro atoms. The summed E-state index contributed by atoms with van der Waals surface area (Å²) in [6, 6.07) is 18.2. The van der Waals surface area contributed by atoms with E-state index in [1.165, 1.54) is 56.8 Å². The van der Waals surface area contributed by atoms with Crippen LogP contribution < -0.4 is 0 Å². The van der Waals surface area contributed by atoms with Crippen molar-refractivity contribution in [3.63, 3.8) is 0 Å². The molecule has 0 saturated heterocycles. The summed E-state index contributed by atoms with van der Waals surface area (Å²) in [5.41, 5.74) is 14.4. The van der Waals surface area contributed by atoms with E-state index in [1.54, 1.807) is 22.3 Å². The van der Waals surface area contributed by atoms with Crippen molar-refractivity contribution in [1.82, 2.24) is 9.38 Å². The van der Waals surface area contributed by atoms with Crippen LogP contribution in [0.5, 0.6) is 0 Å². The minimum atomic E-state index is 1.04. The maximum absolute atomic E-state index is 4.73. The molecule has 2 heterocycles. The fraction of sp³-hybridized carbons (Fsp3) is 0.138. The predicted octanol–water partition coefficient (Wildman–Crippen LogP) is 6.87. The highest BCUT2D eigenvalue weighted by Gasteiger charge is 2.30. The Bertz CT molecular complexity index is 1680. The zero-order valence-electron chi connectivity index (χ0n) is 17.2. The zero-order valence-corrected chi connectivity index (χ0v) is 17.2. The van der Waals surface area contributed by atoms with Gasteiger partial charge in [-0.2, -0.15) is 0 Å². The zero-order chi connectivity index (χ0) is 20.1. The lowest BCUT2D eigenvalue weighted by molar-refractivity contribution is 1.04. The monoisotopic (exact) mass is 396 g/mol. The molecule has 0 unspecified atom stereocenters. The highest BCUT2D eigenvalue weighted by atomic mass is 15.0. The number of pyridine rings is 1. The molecule has 2 nitrogen and oxygen atoms in total.